The normalized spacial score (nSPS) is 13.4. The van der Waals surface area contributed by atoms with E-state index in [0.717, 1.165) is 18.7 Å². The second-order valence-electron chi connectivity index (χ2n) is 4.84. The molecule has 3 heteroatoms. The zero-order valence-corrected chi connectivity index (χ0v) is 14.3. The summed E-state index contributed by atoms with van der Waals surface area (Å²) in [5, 5.41) is 0. The zero-order chi connectivity index (χ0) is 14.8. The fraction of sp³-hybridized carbons (Fsp3) is 0.389. The SMILES string of the molecule is CCN(/C=C/C=C(\C)C=N[C@H](C)c1ccccc1)CC.Cl. The van der Waals surface area contributed by atoms with Gasteiger partial charge in [-0.1, -0.05) is 36.4 Å². The second-order valence-corrected chi connectivity index (χ2v) is 4.84. The first-order valence-corrected chi connectivity index (χ1v) is 7.34. The van der Waals surface area contributed by atoms with E-state index in [1.807, 2.05) is 12.3 Å². The third-order valence-corrected chi connectivity index (χ3v) is 3.25. The molecule has 1 aromatic rings. The van der Waals surface area contributed by atoms with Gasteiger partial charge >= 0.3 is 0 Å². The zero-order valence-electron chi connectivity index (χ0n) is 13.5. The summed E-state index contributed by atoms with van der Waals surface area (Å²) in [6.07, 6.45) is 8.25. The van der Waals surface area contributed by atoms with Crippen molar-refractivity contribution in [3.63, 3.8) is 0 Å². The van der Waals surface area contributed by atoms with Gasteiger partial charge in [-0.25, -0.2) is 0 Å². The highest BCUT2D eigenvalue weighted by Crippen LogP contribution is 2.15. The summed E-state index contributed by atoms with van der Waals surface area (Å²) in [6, 6.07) is 10.6. The standard InChI is InChI=1S/C18H26N2.ClH/c1-5-20(6-2)14-10-11-16(3)15-19-17(4)18-12-8-7-9-13-18;/h7-15,17H,5-6H2,1-4H3;1H/b14-10+,16-11+,19-15?;/t17-;/m1./s1. The Morgan fingerprint density at radius 3 is 2.38 bits per heavy atom. The van der Waals surface area contributed by atoms with Crippen molar-refractivity contribution in [1.29, 1.82) is 0 Å². The minimum atomic E-state index is 0. The number of hydrogen-bond acceptors (Lipinski definition) is 2. The van der Waals surface area contributed by atoms with Gasteiger partial charge in [0.15, 0.2) is 0 Å². The molecule has 0 bridgehead atoms. The molecule has 0 N–H and O–H groups in total. The Labute approximate surface area is 135 Å². The van der Waals surface area contributed by atoms with E-state index in [2.05, 4.69) is 80.2 Å². The predicted molar refractivity (Wildman–Crippen MR) is 96.4 cm³/mol. The maximum Gasteiger partial charge on any atom is 0.0720 e. The third-order valence-electron chi connectivity index (χ3n) is 3.25. The second kappa shape index (κ2) is 11.2. The molecule has 0 heterocycles. The molecule has 0 aliphatic heterocycles. The summed E-state index contributed by atoms with van der Waals surface area (Å²) in [5.74, 6) is 0. The van der Waals surface area contributed by atoms with E-state index in [4.69, 9.17) is 0 Å². The first-order chi connectivity index (χ1) is 9.67. The van der Waals surface area contributed by atoms with Gasteiger partial charge in [-0.15, -0.1) is 12.4 Å². The summed E-state index contributed by atoms with van der Waals surface area (Å²) >= 11 is 0. The number of allylic oxidation sites excluding steroid dienone is 3. The Kier molecular flexibility index (Phi) is 10.3. The van der Waals surface area contributed by atoms with Crippen LogP contribution in [0.15, 0.2) is 59.2 Å². The molecule has 1 atom stereocenters. The molecule has 2 nitrogen and oxygen atoms in total. The summed E-state index contributed by atoms with van der Waals surface area (Å²) in [7, 11) is 0. The first kappa shape index (κ1) is 19.5. The molecule has 0 spiro atoms. The van der Waals surface area contributed by atoms with E-state index in [0.29, 0.717) is 0 Å². The van der Waals surface area contributed by atoms with Gasteiger partial charge in [0.25, 0.3) is 0 Å². The van der Waals surface area contributed by atoms with Gasteiger partial charge in [0.1, 0.15) is 0 Å². The molecule has 0 aliphatic carbocycles. The monoisotopic (exact) mass is 306 g/mol. The minimum absolute atomic E-state index is 0. The molecule has 1 rings (SSSR count). The Morgan fingerprint density at radius 1 is 1.19 bits per heavy atom. The largest absolute Gasteiger partial charge is 0.378 e. The van der Waals surface area contributed by atoms with Crippen molar-refractivity contribution in [3.05, 3.63) is 59.8 Å². The molecule has 0 radical (unpaired) electrons. The lowest BCUT2D eigenvalue weighted by molar-refractivity contribution is 0.419. The van der Waals surface area contributed by atoms with Gasteiger partial charge in [0.2, 0.25) is 0 Å². The molecule has 0 saturated heterocycles. The molecule has 0 saturated carbocycles. The minimum Gasteiger partial charge on any atom is -0.378 e. The number of rotatable bonds is 7. The van der Waals surface area contributed by atoms with E-state index >= 15 is 0 Å². The van der Waals surface area contributed by atoms with Gasteiger partial charge in [-0.05, 0) is 51.1 Å². The van der Waals surface area contributed by atoms with Crippen molar-refractivity contribution < 1.29 is 0 Å². The summed E-state index contributed by atoms with van der Waals surface area (Å²) in [6.45, 7) is 10.6. The van der Waals surface area contributed by atoms with Crippen LogP contribution in [0, 0.1) is 0 Å². The van der Waals surface area contributed by atoms with Crippen LogP contribution in [0.1, 0.15) is 39.3 Å². The van der Waals surface area contributed by atoms with Gasteiger partial charge in [0.05, 0.1) is 6.04 Å². The van der Waals surface area contributed by atoms with Crippen LogP contribution in [0.25, 0.3) is 0 Å². The Hall–Kier alpha value is -1.54. The number of nitrogens with zero attached hydrogens (tertiary/aromatic N) is 2. The topological polar surface area (TPSA) is 15.6 Å². The lowest BCUT2D eigenvalue weighted by atomic mass is 10.1. The molecular formula is C18H27ClN2. The number of halogens is 1. The molecular weight excluding hydrogens is 280 g/mol. The van der Waals surface area contributed by atoms with Crippen LogP contribution in [-0.4, -0.2) is 24.2 Å². The number of benzene rings is 1. The maximum atomic E-state index is 4.59. The van der Waals surface area contributed by atoms with Crippen molar-refractivity contribution in [2.75, 3.05) is 13.1 Å². The van der Waals surface area contributed by atoms with E-state index in [-0.39, 0.29) is 18.4 Å². The first-order valence-electron chi connectivity index (χ1n) is 7.34. The Balaban J connectivity index is 0.00000400. The lowest BCUT2D eigenvalue weighted by Crippen LogP contribution is -2.14. The fourth-order valence-electron chi connectivity index (χ4n) is 1.84. The number of aliphatic imine (C=N–C) groups is 1. The highest BCUT2D eigenvalue weighted by molar-refractivity contribution is 5.85. The molecule has 1 aromatic carbocycles. The van der Waals surface area contributed by atoms with E-state index in [9.17, 15) is 0 Å². The quantitative estimate of drug-likeness (QED) is 0.509. The van der Waals surface area contributed by atoms with Crippen LogP contribution in [0.2, 0.25) is 0 Å². The van der Waals surface area contributed by atoms with Gasteiger partial charge in [0, 0.05) is 19.3 Å². The van der Waals surface area contributed by atoms with Crippen LogP contribution in [-0.2, 0) is 0 Å². The Bertz CT molecular complexity index is 459. The predicted octanol–water partition coefficient (Wildman–Crippen LogP) is 5.04. The smallest absolute Gasteiger partial charge is 0.0720 e. The van der Waals surface area contributed by atoms with Crippen molar-refractivity contribution in [2.24, 2.45) is 4.99 Å². The van der Waals surface area contributed by atoms with Crippen molar-refractivity contribution >= 4 is 18.6 Å². The van der Waals surface area contributed by atoms with Gasteiger partial charge in [-0.3, -0.25) is 4.99 Å². The van der Waals surface area contributed by atoms with Crippen LogP contribution >= 0.6 is 12.4 Å². The van der Waals surface area contributed by atoms with Gasteiger partial charge < -0.3 is 4.90 Å². The highest BCUT2D eigenvalue weighted by atomic mass is 35.5. The lowest BCUT2D eigenvalue weighted by Gasteiger charge is -2.13. The molecule has 0 aromatic heterocycles. The van der Waals surface area contributed by atoms with Crippen LogP contribution < -0.4 is 0 Å². The summed E-state index contributed by atoms with van der Waals surface area (Å²) in [4.78, 5) is 6.85. The molecule has 0 unspecified atom stereocenters. The van der Waals surface area contributed by atoms with Crippen LogP contribution in [0.5, 0.6) is 0 Å². The summed E-state index contributed by atoms with van der Waals surface area (Å²) in [5.41, 5.74) is 2.41. The average Bonchev–Trinajstić information content (AvgIpc) is 2.50. The van der Waals surface area contributed by atoms with Crippen molar-refractivity contribution in [3.8, 4) is 0 Å². The molecule has 0 aliphatic rings. The van der Waals surface area contributed by atoms with E-state index in [1.54, 1.807) is 0 Å². The molecule has 21 heavy (non-hydrogen) atoms. The summed E-state index contributed by atoms with van der Waals surface area (Å²) < 4.78 is 0. The maximum absolute atomic E-state index is 4.59. The van der Waals surface area contributed by atoms with E-state index in [1.165, 1.54) is 5.56 Å². The average molecular weight is 307 g/mol. The fourth-order valence-corrected chi connectivity index (χ4v) is 1.84. The van der Waals surface area contributed by atoms with E-state index < -0.39 is 0 Å². The number of hydrogen-bond donors (Lipinski definition) is 0. The van der Waals surface area contributed by atoms with Crippen LogP contribution in [0.4, 0.5) is 0 Å². The van der Waals surface area contributed by atoms with Crippen LogP contribution in [0.3, 0.4) is 0 Å². The molecule has 0 fully saturated rings. The Morgan fingerprint density at radius 2 is 1.81 bits per heavy atom. The highest BCUT2D eigenvalue weighted by Gasteiger charge is 1.99. The van der Waals surface area contributed by atoms with Gasteiger partial charge in [-0.2, -0.15) is 0 Å². The molecule has 116 valence electrons. The van der Waals surface area contributed by atoms with Crippen molar-refractivity contribution in [1.82, 2.24) is 4.90 Å². The third kappa shape index (κ3) is 7.72. The molecule has 0 amide bonds. The van der Waals surface area contributed by atoms with Crippen molar-refractivity contribution in [2.45, 2.75) is 33.7 Å².